The number of anilines is 1. The van der Waals surface area contributed by atoms with E-state index in [4.69, 9.17) is 0 Å². The molecular weight excluding hydrogens is 454 g/mol. The van der Waals surface area contributed by atoms with E-state index in [1.165, 1.54) is 16.6 Å². The molecule has 0 saturated carbocycles. The van der Waals surface area contributed by atoms with Gasteiger partial charge < -0.3 is 10.1 Å². The van der Waals surface area contributed by atoms with Crippen molar-refractivity contribution in [2.75, 3.05) is 16.6 Å². The Labute approximate surface area is 188 Å². The van der Waals surface area contributed by atoms with Gasteiger partial charge in [0.25, 0.3) is 0 Å². The van der Waals surface area contributed by atoms with Crippen LogP contribution in [0.3, 0.4) is 0 Å². The second-order valence-corrected chi connectivity index (χ2v) is 9.84. The molecule has 172 valence electrons. The third-order valence-corrected chi connectivity index (χ3v) is 7.34. The predicted octanol–water partition coefficient (Wildman–Crippen LogP) is 4.26. The number of rotatable bonds is 4. The van der Waals surface area contributed by atoms with Crippen molar-refractivity contribution in [1.29, 1.82) is 0 Å². The summed E-state index contributed by atoms with van der Waals surface area (Å²) in [6.07, 6.45) is 3.11. The van der Waals surface area contributed by atoms with Gasteiger partial charge in [-0.3, -0.25) is 18.4 Å². The third kappa shape index (κ3) is 3.96. The molecule has 0 amide bonds. The van der Waals surface area contributed by atoms with E-state index < -0.39 is 22.4 Å². The fourth-order valence-electron chi connectivity index (χ4n) is 3.84. The van der Waals surface area contributed by atoms with E-state index in [0.717, 1.165) is 18.6 Å². The maximum atomic E-state index is 13.5. The molecule has 1 aliphatic rings. The summed E-state index contributed by atoms with van der Waals surface area (Å²) in [4.78, 5) is 11.7. The maximum absolute atomic E-state index is 13.5. The number of nitrogens with one attached hydrogen (secondary N) is 1. The van der Waals surface area contributed by atoms with E-state index in [9.17, 15) is 23.0 Å². The molecule has 5 rings (SSSR count). The molecule has 1 fully saturated rings. The minimum Gasteiger partial charge on any atom is -0.504 e. The van der Waals surface area contributed by atoms with Gasteiger partial charge in [0.2, 0.25) is 0 Å². The molecule has 0 aliphatic carbocycles. The normalized spacial score (nSPS) is 16.8. The minimum atomic E-state index is -3.07. The molecule has 1 saturated heterocycles. The summed E-state index contributed by atoms with van der Waals surface area (Å²) >= 11 is 0. The molecule has 3 aromatic heterocycles. The molecule has 4 aromatic rings. The summed E-state index contributed by atoms with van der Waals surface area (Å²) in [5, 5.41) is 19.4. The van der Waals surface area contributed by atoms with Crippen LogP contribution >= 0.6 is 10.8 Å². The quantitative estimate of drug-likeness (QED) is 0.345. The van der Waals surface area contributed by atoms with Crippen molar-refractivity contribution in [3.8, 4) is 17.3 Å². The molecule has 0 radical (unpaired) electrons. The Kier molecular flexibility index (Phi) is 5.35. The fraction of sp³-hybridized carbons (Fsp3) is 0.238. The highest BCUT2D eigenvalue weighted by molar-refractivity contribution is 8.25. The Morgan fingerprint density at radius 2 is 1.94 bits per heavy atom. The Bertz CT molecular complexity index is 1350. The lowest BCUT2D eigenvalue weighted by Crippen LogP contribution is -2.35. The first-order chi connectivity index (χ1) is 15.8. The number of halogens is 2. The number of aromatic hydroxyl groups is 1. The van der Waals surface area contributed by atoms with Gasteiger partial charge in [0.15, 0.2) is 34.7 Å². The number of hydrogen-bond acceptors (Lipinski definition) is 8. The number of aromatic nitrogens is 5. The number of hydrogen-bond donors (Lipinski definition) is 4. The largest absolute Gasteiger partial charge is 0.504 e. The highest BCUT2D eigenvalue weighted by Gasteiger charge is 2.31. The van der Waals surface area contributed by atoms with Crippen molar-refractivity contribution in [2.45, 2.75) is 19.3 Å². The van der Waals surface area contributed by atoms with Gasteiger partial charge in [0.1, 0.15) is 11.3 Å². The van der Waals surface area contributed by atoms with Gasteiger partial charge >= 0.3 is 0 Å². The lowest BCUT2D eigenvalue weighted by molar-refractivity contribution is 0.466. The zero-order valence-corrected chi connectivity index (χ0v) is 18.1. The number of H-pyrrole nitrogens is 1. The fourth-order valence-corrected chi connectivity index (χ4v) is 5.49. The first-order valence-corrected chi connectivity index (χ1v) is 11.9. The molecule has 4 N–H and O–H groups in total. The lowest BCUT2D eigenvalue weighted by atomic mass is 10.1. The van der Waals surface area contributed by atoms with Crippen LogP contribution in [0.2, 0.25) is 0 Å². The van der Waals surface area contributed by atoms with E-state index in [-0.39, 0.29) is 40.8 Å². The van der Waals surface area contributed by atoms with Crippen LogP contribution in [0.1, 0.15) is 24.2 Å². The van der Waals surface area contributed by atoms with Crippen molar-refractivity contribution in [2.24, 2.45) is 0 Å². The maximum Gasteiger partial charge on any atom is 0.184 e. The average Bonchev–Trinajstić information content (AvgIpc) is 3.25. The summed E-state index contributed by atoms with van der Waals surface area (Å²) < 4.78 is 49.4. The summed E-state index contributed by atoms with van der Waals surface area (Å²) in [7, 11) is -3.07. The van der Waals surface area contributed by atoms with Crippen LogP contribution in [0.5, 0.6) is 5.75 Å². The first kappa shape index (κ1) is 21.5. The molecule has 0 unspecified atom stereocenters. The molecule has 12 heteroatoms. The zero-order chi connectivity index (χ0) is 23.2. The van der Waals surface area contributed by atoms with E-state index in [1.54, 1.807) is 12.1 Å². The average molecular weight is 474 g/mol. The molecule has 0 spiro atoms. The second-order valence-electron chi connectivity index (χ2n) is 7.72. The van der Waals surface area contributed by atoms with Crippen LogP contribution in [0.4, 0.5) is 14.6 Å². The molecule has 9 nitrogen and oxygen atoms in total. The highest BCUT2D eigenvalue weighted by atomic mass is 32.3. The third-order valence-electron chi connectivity index (χ3n) is 5.45. The monoisotopic (exact) mass is 474 g/mol. The highest BCUT2D eigenvalue weighted by Crippen LogP contribution is 2.51. The van der Waals surface area contributed by atoms with Gasteiger partial charge in [-0.15, -0.1) is 21.0 Å². The van der Waals surface area contributed by atoms with Crippen molar-refractivity contribution >= 4 is 27.5 Å². The van der Waals surface area contributed by atoms with Crippen LogP contribution in [0, 0.1) is 11.6 Å². The Morgan fingerprint density at radius 3 is 2.73 bits per heavy atom. The van der Waals surface area contributed by atoms with Crippen LogP contribution < -0.4 is 4.31 Å². The van der Waals surface area contributed by atoms with Crippen LogP contribution in [-0.2, 0) is 6.42 Å². The first-order valence-electron chi connectivity index (χ1n) is 10.2. The Balaban J connectivity index is 1.57. The van der Waals surface area contributed by atoms with Gasteiger partial charge in [-0.2, -0.15) is 0 Å². The van der Waals surface area contributed by atoms with Gasteiger partial charge in [-0.05, 0) is 42.7 Å². The summed E-state index contributed by atoms with van der Waals surface area (Å²) in [6, 6.07) is 6.93. The molecule has 1 aliphatic heterocycles. The number of fused-ring (bicyclic) bond motifs is 1. The van der Waals surface area contributed by atoms with Crippen molar-refractivity contribution in [3.63, 3.8) is 0 Å². The van der Waals surface area contributed by atoms with Crippen molar-refractivity contribution < 1.29 is 23.0 Å². The van der Waals surface area contributed by atoms with E-state index in [2.05, 4.69) is 25.1 Å². The van der Waals surface area contributed by atoms with Crippen LogP contribution in [0.25, 0.3) is 22.4 Å². The van der Waals surface area contributed by atoms with E-state index >= 15 is 0 Å². The summed E-state index contributed by atoms with van der Waals surface area (Å²) in [5.74, 6) is -1.15. The summed E-state index contributed by atoms with van der Waals surface area (Å²) in [6.45, 7) is 0.390. The van der Waals surface area contributed by atoms with E-state index in [0.29, 0.717) is 29.7 Å². The minimum absolute atomic E-state index is 0.0426. The standard InChI is InChI=1S/C21H20F2N6O3S/c22-14-6-5-12(10-15(14)23)11-16-25-20(28-27-16)18-19(30)17-13(4-3-7-24-17)21(26-18)29-8-1-2-9-33(29,31)32/h3-7,10,30-32H,1-2,8-9,11H2,(H,25,27,28). The van der Waals surface area contributed by atoms with E-state index in [1.807, 2.05) is 0 Å². The topological polar surface area (TPSA) is 131 Å². The van der Waals surface area contributed by atoms with Crippen molar-refractivity contribution in [3.05, 3.63) is 59.6 Å². The number of aromatic amines is 1. The summed E-state index contributed by atoms with van der Waals surface area (Å²) in [5.41, 5.74) is 0.759. The van der Waals surface area contributed by atoms with Gasteiger partial charge in [0, 0.05) is 24.5 Å². The van der Waals surface area contributed by atoms with Gasteiger partial charge in [-0.25, -0.2) is 13.8 Å². The van der Waals surface area contributed by atoms with Crippen LogP contribution in [-0.4, -0.2) is 51.7 Å². The number of pyridine rings is 2. The SMILES string of the molecule is Oc1c(-c2nnc(Cc3ccc(F)c(F)c3)[nH]2)nc(N2CCCCS2(O)O)c2cccnc12. The predicted molar refractivity (Wildman–Crippen MR) is 120 cm³/mol. The Morgan fingerprint density at radius 1 is 1.09 bits per heavy atom. The number of nitrogens with zero attached hydrogens (tertiary/aromatic N) is 5. The molecule has 4 heterocycles. The molecular formula is C21H20F2N6O3S. The van der Waals surface area contributed by atoms with Crippen LogP contribution in [0.15, 0.2) is 36.5 Å². The van der Waals surface area contributed by atoms with Gasteiger partial charge in [0.05, 0.1) is 5.75 Å². The van der Waals surface area contributed by atoms with Gasteiger partial charge in [-0.1, -0.05) is 6.07 Å². The van der Waals surface area contributed by atoms with Crippen molar-refractivity contribution in [1.82, 2.24) is 25.1 Å². The molecule has 33 heavy (non-hydrogen) atoms. The molecule has 0 bridgehead atoms. The Hall–Kier alpha value is -3.35. The lowest BCUT2D eigenvalue weighted by Gasteiger charge is -2.47. The zero-order valence-electron chi connectivity index (χ0n) is 17.2. The second kappa shape index (κ2) is 8.21. The number of benzene rings is 1. The molecule has 0 atom stereocenters. The smallest absolute Gasteiger partial charge is 0.184 e. The molecule has 1 aromatic carbocycles.